The van der Waals surface area contributed by atoms with Crippen molar-refractivity contribution in [3.05, 3.63) is 0 Å². The van der Waals surface area contributed by atoms with E-state index in [1.54, 1.807) is 0 Å². The molecule has 0 heterocycles. The normalized spacial score (nSPS) is 47.6. The van der Waals surface area contributed by atoms with Gasteiger partial charge in [-0.05, 0) is 18.8 Å². The van der Waals surface area contributed by atoms with E-state index in [0.29, 0.717) is 12.3 Å². The minimum atomic E-state index is -0.259. The van der Waals surface area contributed by atoms with Crippen molar-refractivity contribution in [1.82, 2.24) is 0 Å². The molecule has 3 unspecified atom stereocenters. The predicted octanol–water partition coefficient (Wildman–Crippen LogP) is 0.138. The second-order valence-electron chi connectivity index (χ2n) is 2.67. The number of hydrogen-bond acceptors (Lipinski definition) is 2. The Hall–Kier alpha value is -0.0800. The molecule has 8 heavy (non-hydrogen) atoms. The molecule has 0 bridgehead atoms. The molecule has 2 heteroatoms. The molecule has 2 N–H and O–H groups in total. The first-order valence-electron chi connectivity index (χ1n) is 3.06. The highest BCUT2D eigenvalue weighted by Crippen LogP contribution is 2.24. The summed E-state index contributed by atoms with van der Waals surface area (Å²) in [5.41, 5.74) is 0. The Bertz CT molecular complexity index is 72.6. The molecular formula is C6H12O2. The van der Waals surface area contributed by atoms with E-state index < -0.39 is 0 Å². The molecule has 1 saturated carbocycles. The Balaban J connectivity index is 2.39. The minimum Gasteiger partial charge on any atom is -0.393 e. The van der Waals surface area contributed by atoms with Crippen LogP contribution in [0.25, 0.3) is 0 Å². The number of aliphatic hydroxyl groups excluding tert-OH is 2. The van der Waals surface area contributed by atoms with Gasteiger partial charge in [0.05, 0.1) is 12.2 Å². The van der Waals surface area contributed by atoms with E-state index in [2.05, 4.69) is 0 Å². The standard InChI is InChI=1S/C6H12O2/c1-4-2-5(7)3-6(4)8/h4-8H,2-3H2,1H3. The maximum absolute atomic E-state index is 9.01. The van der Waals surface area contributed by atoms with Crippen LogP contribution in [0, 0.1) is 5.92 Å². The van der Waals surface area contributed by atoms with Gasteiger partial charge in [-0.1, -0.05) is 6.92 Å². The average molecular weight is 116 g/mol. The molecule has 0 radical (unpaired) electrons. The van der Waals surface area contributed by atoms with Crippen LogP contribution in [0.3, 0.4) is 0 Å². The molecule has 0 saturated heterocycles. The van der Waals surface area contributed by atoms with Gasteiger partial charge in [0.1, 0.15) is 0 Å². The van der Waals surface area contributed by atoms with Crippen LogP contribution >= 0.6 is 0 Å². The first-order valence-corrected chi connectivity index (χ1v) is 3.06. The van der Waals surface area contributed by atoms with Gasteiger partial charge in [-0.15, -0.1) is 0 Å². The molecule has 1 rings (SSSR count). The van der Waals surface area contributed by atoms with Crippen LogP contribution in [-0.4, -0.2) is 22.4 Å². The van der Waals surface area contributed by atoms with Gasteiger partial charge >= 0.3 is 0 Å². The summed E-state index contributed by atoms with van der Waals surface area (Å²) >= 11 is 0. The summed E-state index contributed by atoms with van der Waals surface area (Å²) in [6.45, 7) is 1.96. The molecule has 0 aliphatic heterocycles. The monoisotopic (exact) mass is 116 g/mol. The van der Waals surface area contributed by atoms with Crippen LogP contribution in [-0.2, 0) is 0 Å². The maximum Gasteiger partial charge on any atom is 0.0591 e. The Labute approximate surface area is 49.1 Å². The molecule has 1 aliphatic rings. The van der Waals surface area contributed by atoms with E-state index in [4.69, 9.17) is 10.2 Å². The van der Waals surface area contributed by atoms with Crippen molar-refractivity contribution in [3.63, 3.8) is 0 Å². The third-order valence-corrected chi connectivity index (χ3v) is 1.81. The maximum atomic E-state index is 9.01. The molecule has 48 valence electrons. The SMILES string of the molecule is CC1CC(O)CC1O. The quantitative estimate of drug-likeness (QED) is 0.472. The first kappa shape index (κ1) is 6.05. The van der Waals surface area contributed by atoms with Gasteiger partial charge < -0.3 is 10.2 Å². The largest absolute Gasteiger partial charge is 0.393 e. The number of rotatable bonds is 0. The van der Waals surface area contributed by atoms with Gasteiger partial charge in [-0.3, -0.25) is 0 Å². The van der Waals surface area contributed by atoms with E-state index in [1.807, 2.05) is 6.92 Å². The number of aliphatic hydroxyl groups is 2. The van der Waals surface area contributed by atoms with Crippen molar-refractivity contribution in [1.29, 1.82) is 0 Å². The summed E-state index contributed by atoms with van der Waals surface area (Å²) in [4.78, 5) is 0. The Morgan fingerprint density at radius 1 is 1.25 bits per heavy atom. The molecule has 0 spiro atoms. The Morgan fingerprint density at radius 2 is 1.88 bits per heavy atom. The second kappa shape index (κ2) is 2.03. The summed E-state index contributed by atoms with van der Waals surface area (Å²) in [7, 11) is 0. The summed E-state index contributed by atoms with van der Waals surface area (Å²) in [5, 5.41) is 17.9. The molecule has 1 fully saturated rings. The molecule has 0 amide bonds. The van der Waals surface area contributed by atoms with Crippen molar-refractivity contribution < 1.29 is 10.2 Å². The highest BCUT2D eigenvalue weighted by molar-refractivity contribution is 4.79. The fourth-order valence-corrected chi connectivity index (χ4v) is 1.19. The molecule has 0 aromatic rings. The van der Waals surface area contributed by atoms with Gasteiger partial charge in [0, 0.05) is 0 Å². The lowest BCUT2D eigenvalue weighted by Gasteiger charge is -2.03. The van der Waals surface area contributed by atoms with E-state index in [-0.39, 0.29) is 12.2 Å². The summed E-state index contributed by atoms with van der Waals surface area (Å²) in [6.07, 6.45) is 0.826. The van der Waals surface area contributed by atoms with Gasteiger partial charge in [0.2, 0.25) is 0 Å². The zero-order valence-corrected chi connectivity index (χ0v) is 5.04. The summed E-state index contributed by atoms with van der Waals surface area (Å²) < 4.78 is 0. The smallest absolute Gasteiger partial charge is 0.0591 e. The Kier molecular flexibility index (Phi) is 1.54. The molecular weight excluding hydrogens is 104 g/mol. The van der Waals surface area contributed by atoms with Crippen molar-refractivity contribution in [3.8, 4) is 0 Å². The zero-order chi connectivity index (χ0) is 6.15. The highest BCUT2D eigenvalue weighted by atomic mass is 16.3. The first-order chi connectivity index (χ1) is 3.70. The van der Waals surface area contributed by atoms with Crippen molar-refractivity contribution in [2.75, 3.05) is 0 Å². The van der Waals surface area contributed by atoms with E-state index in [0.717, 1.165) is 6.42 Å². The van der Waals surface area contributed by atoms with Crippen molar-refractivity contribution in [2.24, 2.45) is 5.92 Å². The van der Waals surface area contributed by atoms with Crippen molar-refractivity contribution in [2.45, 2.75) is 32.0 Å². The lowest BCUT2D eigenvalue weighted by atomic mass is 10.1. The fraction of sp³-hybridized carbons (Fsp3) is 1.00. The van der Waals surface area contributed by atoms with E-state index >= 15 is 0 Å². The van der Waals surface area contributed by atoms with Crippen LogP contribution in [0.4, 0.5) is 0 Å². The van der Waals surface area contributed by atoms with Crippen LogP contribution in [0.15, 0.2) is 0 Å². The topological polar surface area (TPSA) is 40.5 Å². The van der Waals surface area contributed by atoms with Gasteiger partial charge in [0.25, 0.3) is 0 Å². The van der Waals surface area contributed by atoms with Gasteiger partial charge in [0.15, 0.2) is 0 Å². The van der Waals surface area contributed by atoms with Crippen LogP contribution in [0.2, 0.25) is 0 Å². The van der Waals surface area contributed by atoms with E-state index in [1.165, 1.54) is 0 Å². The summed E-state index contributed by atoms with van der Waals surface area (Å²) in [5.74, 6) is 0.296. The summed E-state index contributed by atoms with van der Waals surface area (Å²) in [6, 6.07) is 0. The lowest BCUT2D eigenvalue weighted by Crippen LogP contribution is -2.08. The molecule has 1 aliphatic carbocycles. The molecule has 3 atom stereocenters. The molecule has 0 aromatic heterocycles. The number of hydrogen-bond donors (Lipinski definition) is 2. The van der Waals surface area contributed by atoms with Crippen molar-refractivity contribution >= 4 is 0 Å². The fourth-order valence-electron chi connectivity index (χ4n) is 1.19. The van der Waals surface area contributed by atoms with Gasteiger partial charge in [-0.25, -0.2) is 0 Å². The lowest BCUT2D eigenvalue weighted by molar-refractivity contribution is 0.124. The average Bonchev–Trinajstić information content (AvgIpc) is 1.85. The van der Waals surface area contributed by atoms with Crippen LogP contribution < -0.4 is 0 Å². The third kappa shape index (κ3) is 1.01. The predicted molar refractivity (Wildman–Crippen MR) is 30.4 cm³/mol. The molecule has 2 nitrogen and oxygen atoms in total. The van der Waals surface area contributed by atoms with E-state index in [9.17, 15) is 0 Å². The minimum absolute atomic E-state index is 0.250. The highest BCUT2D eigenvalue weighted by Gasteiger charge is 2.27. The molecule has 0 aromatic carbocycles. The van der Waals surface area contributed by atoms with Crippen LogP contribution in [0.1, 0.15) is 19.8 Å². The van der Waals surface area contributed by atoms with Gasteiger partial charge in [-0.2, -0.15) is 0 Å². The van der Waals surface area contributed by atoms with Crippen LogP contribution in [0.5, 0.6) is 0 Å². The zero-order valence-electron chi connectivity index (χ0n) is 5.04. The second-order valence-corrected chi connectivity index (χ2v) is 2.67. The third-order valence-electron chi connectivity index (χ3n) is 1.81. The Morgan fingerprint density at radius 3 is 2.00 bits per heavy atom.